The number of likely N-dealkylation sites (tertiary alicyclic amines) is 1. The zero-order valence-corrected chi connectivity index (χ0v) is 17.7. The molecule has 10 heteroatoms. The van der Waals surface area contributed by atoms with Crippen LogP contribution in [-0.4, -0.2) is 46.7 Å². The lowest BCUT2D eigenvalue weighted by molar-refractivity contribution is -0.136. The maximum atomic E-state index is 13.6. The highest BCUT2D eigenvalue weighted by Crippen LogP contribution is 2.36. The van der Waals surface area contributed by atoms with Crippen molar-refractivity contribution in [2.45, 2.75) is 31.5 Å². The minimum atomic E-state index is -4.57. The summed E-state index contributed by atoms with van der Waals surface area (Å²) >= 11 is 0. The molecule has 2 aliphatic rings. The molecule has 3 heterocycles. The maximum absolute atomic E-state index is 13.6. The number of aromatic amines is 1. The Bertz CT molecular complexity index is 1260. The molecule has 0 saturated carbocycles. The fourth-order valence-electron chi connectivity index (χ4n) is 4.62. The number of piperidine rings is 1. The Hall–Kier alpha value is -3.43. The molecule has 1 N–H and O–H groups in total. The summed E-state index contributed by atoms with van der Waals surface area (Å²) < 4.78 is 52.9. The van der Waals surface area contributed by atoms with E-state index in [1.54, 1.807) is 17.0 Å². The van der Waals surface area contributed by atoms with E-state index in [1.165, 1.54) is 16.7 Å². The van der Waals surface area contributed by atoms with Gasteiger partial charge in [0.25, 0.3) is 0 Å². The molecule has 2 aromatic carbocycles. The van der Waals surface area contributed by atoms with Gasteiger partial charge in [-0.2, -0.15) is 13.2 Å². The number of ether oxygens (including phenoxy) is 2. The number of nitrogens with one attached hydrogen (secondary N) is 1. The second-order valence-electron chi connectivity index (χ2n) is 8.27. The highest BCUT2D eigenvalue weighted by atomic mass is 19.4. The second kappa shape index (κ2) is 8.17. The minimum Gasteiger partial charge on any atom is -0.486 e. The van der Waals surface area contributed by atoms with Crippen LogP contribution in [0.2, 0.25) is 0 Å². The van der Waals surface area contributed by atoms with Crippen molar-refractivity contribution >= 4 is 16.9 Å². The van der Waals surface area contributed by atoms with Gasteiger partial charge >= 0.3 is 11.9 Å². The molecule has 1 saturated heterocycles. The summed E-state index contributed by atoms with van der Waals surface area (Å²) in [7, 11) is 0. The Labute approximate surface area is 186 Å². The van der Waals surface area contributed by atoms with Crippen molar-refractivity contribution in [2.24, 2.45) is 0 Å². The first-order chi connectivity index (χ1) is 15.8. The molecule has 33 heavy (non-hydrogen) atoms. The van der Waals surface area contributed by atoms with Crippen molar-refractivity contribution in [3.8, 4) is 11.5 Å². The molecule has 0 atom stereocenters. The molecule has 7 nitrogen and oxygen atoms in total. The number of rotatable bonds is 3. The zero-order valence-electron chi connectivity index (χ0n) is 17.7. The predicted molar refractivity (Wildman–Crippen MR) is 114 cm³/mol. The van der Waals surface area contributed by atoms with E-state index in [0.29, 0.717) is 50.6 Å². The fraction of sp³-hybridized carbons (Fsp3) is 0.391. The van der Waals surface area contributed by atoms with Gasteiger partial charge in [-0.05, 0) is 42.7 Å². The molecular weight excluding hydrogens is 439 g/mol. The number of hydrogen-bond donors (Lipinski definition) is 1. The van der Waals surface area contributed by atoms with Crippen molar-refractivity contribution in [1.82, 2.24) is 14.5 Å². The van der Waals surface area contributed by atoms with Gasteiger partial charge in [0, 0.05) is 19.1 Å². The van der Waals surface area contributed by atoms with Crippen LogP contribution in [0.3, 0.4) is 0 Å². The highest BCUT2D eigenvalue weighted by molar-refractivity contribution is 5.80. The van der Waals surface area contributed by atoms with Gasteiger partial charge in [-0.3, -0.25) is 9.36 Å². The fourth-order valence-corrected chi connectivity index (χ4v) is 4.62. The lowest BCUT2D eigenvalue weighted by atomic mass is 10.0. The maximum Gasteiger partial charge on any atom is 0.418 e. The lowest BCUT2D eigenvalue weighted by Gasteiger charge is -2.33. The summed E-state index contributed by atoms with van der Waals surface area (Å²) in [6.07, 6.45) is -3.60. The van der Waals surface area contributed by atoms with Gasteiger partial charge in [-0.25, -0.2) is 4.79 Å². The van der Waals surface area contributed by atoms with Crippen LogP contribution >= 0.6 is 0 Å². The van der Waals surface area contributed by atoms with Crippen LogP contribution in [0.25, 0.3) is 11.0 Å². The van der Waals surface area contributed by atoms with E-state index in [1.807, 2.05) is 6.07 Å². The number of nitrogens with zero attached hydrogens (tertiary/aromatic N) is 2. The number of imidazole rings is 1. The normalized spacial score (nSPS) is 16.9. The smallest absolute Gasteiger partial charge is 0.418 e. The van der Waals surface area contributed by atoms with Gasteiger partial charge in [-0.1, -0.05) is 12.1 Å². The van der Waals surface area contributed by atoms with Crippen LogP contribution in [0.15, 0.2) is 41.2 Å². The number of amides is 1. The Balaban J connectivity index is 1.31. The van der Waals surface area contributed by atoms with Gasteiger partial charge in [-0.15, -0.1) is 0 Å². The Morgan fingerprint density at radius 3 is 2.52 bits per heavy atom. The molecule has 1 fully saturated rings. The monoisotopic (exact) mass is 461 g/mol. The van der Waals surface area contributed by atoms with Crippen LogP contribution in [0.4, 0.5) is 13.2 Å². The number of para-hydroxylation sites is 1. The molecule has 2 aliphatic heterocycles. The third-order valence-corrected chi connectivity index (χ3v) is 6.19. The average Bonchev–Trinajstić information content (AvgIpc) is 3.14. The lowest BCUT2D eigenvalue weighted by Crippen LogP contribution is -2.41. The summed E-state index contributed by atoms with van der Waals surface area (Å²) in [6, 6.07) is 8.71. The Morgan fingerprint density at radius 2 is 1.79 bits per heavy atom. The topological polar surface area (TPSA) is 76.6 Å². The van der Waals surface area contributed by atoms with Crippen molar-refractivity contribution in [3.63, 3.8) is 0 Å². The van der Waals surface area contributed by atoms with Crippen molar-refractivity contribution in [3.05, 3.63) is 58.0 Å². The zero-order chi connectivity index (χ0) is 23.2. The van der Waals surface area contributed by atoms with Gasteiger partial charge in [0.1, 0.15) is 13.2 Å². The van der Waals surface area contributed by atoms with Crippen LogP contribution in [0.5, 0.6) is 11.5 Å². The van der Waals surface area contributed by atoms with E-state index in [2.05, 4.69) is 4.98 Å². The molecule has 0 unspecified atom stereocenters. The van der Waals surface area contributed by atoms with Crippen LogP contribution in [-0.2, 0) is 17.4 Å². The molecule has 0 bridgehead atoms. The molecule has 3 aromatic rings. The van der Waals surface area contributed by atoms with Crippen molar-refractivity contribution in [1.29, 1.82) is 0 Å². The predicted octanol–water partition coefficient (Wildman–Crippen LogP) is 3.53. The number of hydrogen-bond acceptors (Lipinski definition) is 4. The third kappa shape index (κ3) is 4.05. The van der Waals surface area contributed by atoms with Crippen LogP contribution in [0, 0.1) is 0 Å². The average molecular weight is 461 g/mol. The standard InChI is InChI=1S/C23H22F3N3O4/c24-23(25,26)16-2-1-3-17-21(16)29(22(31)27-17)15-6-8-28(9-7-15)20(30)13-14-4-5-18-19(12-14)33-11-10-32-18/h1-5,12,15H,6-11,13H2,(H,27,31). The molecule has 1 aromatic heterocycles. The van der Waals surface area contributed by atoms with Crippen molar-refractivity contribution in [2.75, 3.05) is 26.3 Å². The van der Waals surface area contributed by atoms with E-state index < -0.39 is 23.5 Å². The molecule has 0 aliphatic carbocycles. The van der Waals surface area contributed by atoms with E-state index in [-0.39, 0.29) is 23.4 Å². The Morgan fingerprint density at radius 1 is 1.06 bits per heavy atom. The summed E-state index contributed by atoms with van der Waals surface area (Å²) in [5.41, 5.74) is -0.574. The van der Waals surface area contributed by atoms with Gasteiger partial charge < -0.3 is 19.4 Å². The van der Waals surface area contributed by atoms with Gasteiger partial charge in [0.15, 0.2) is 11.5 Å². The van der Waals surface area contributed by atoms with E-state index in [9.17, 15) is 22.8 Å². The van der Waals surface area contributed by atoms with E-state index in [0.717, 1.165) is 11.6 Å². The quantitative estimate of drug-likeness (QED) is 0.648. The van der Waals surface area contributed by atoms with Crippen LogP contribution in [0.1, 0.15) is 30.0 Å². The molecule has 0 radical (unpaired) electrons. The highest BCUT2D eigenvalue weighted by Gasteiger charge is 2.36. The van der Waals surface area contributed by atoms with Crippen LogP contribution < -0.4 is 15.2 Å². The minimum absolute atomic E-state index is 0.0765. The summed E-state index contributed by atoms with van der Waals surface area (Å²) in [4.78, 5) is 29.6. The van der Waals surface area contributed by atoms with E-state index in [4.69, 9.17) is 9.47 Å². The second-order valence-corrected chi connectivity index (χ2v) is 8.27. The first-order valence-corrected chi connectivity index (χ1v) is 10.8. The molecular formula is C23H22F3N3O4. The SMILES string of the molecule is O=C(Cc1ccc2c(c1)OCCO2)N1CCC(n2c(=O)[nH]c3cccc(C(F)(F)F)c32)CC1. The Kier molecular flexibility index (Phi) is 5.30. The first-order valence-electron chi connectivity index (χ1n) is 10.8. The number of carbonyl (C=O) groups excluding carboxylic acids is 1. The number of carbonyl (C=O) groups is 1. The number of alkyl halides is 3. The number of fused-ring (bicyclic) bond motifs is 2. The molecule has 5 rings (SSSR count). The molecule has 1 amide bonds. The summed E-state index contributed by atoms with van der Waals surface area (Å²) in [6.45, 7) is 1.67. The third-order valence-electron chi connectivity index (χ3n) is 6.19. The number of H-pyrrole nitrogens is 1. The largest absolute Gasteiger partial charge is 0.486 e. The summed E-state index contributed by atoms with van der Waals surface area (Å²) in [5.74, 6) is 1.19. The number of halogens is 3. The molecule has 174 valence electrons. The summed E-state index contributed by atoms with van der Waals surface area (Å²) in [5, 5.41) is 0. The molecule has 0 spiro atoms. The number of aromatic nitrogens is 2. The van der Waals surface area contributed by atoms with Gasteiger partial charge in [0.2, 0.25) is 5.91 Å². The van der Waals surface area contributed by atoms with E-state index >= 15 is 0 Å². The van der Waals surface area contributed by atoms with Crippen molar-refractivity contribution < 1.29 is 27.4 Å². The number of benzene rings is 2. The van der Waals surface area contributed by atoms with Gasteiger partial charge in [0.05, 0.1) is 23.0 Å². The first kappa shape index (κ1) is 21.4.